The first-order valence-electron chi connectivity index (χ1n) is 3.08. The van der Waals surface area contributed by atoms with Gasteiger partial charge in [-0.2, -0.15) is 18.2 Å². The first kappa shape index (κ1) is 7.71. The van der Waals surface area contributed by atoms with Crippen LogP contribution in [-0.4, -0.2) is 6.61 Å². The van der Waals surface area contributed by atoms with E-state index in [0.29, 0.717) is 0 Å². The van der Waals surface area contributed by atoms with E-state index in [1.807, 2.05) is 18.2 Å². The largest absolute Gasteiger partial charge is 0.519 e. The van der Waals surface area contributed by atoms with Crippen molar-refractivity contribution >= 4 is 0 Å². The van der Waals surface area contributed by atoms with Crippen molar-refractivity contribution in [2.24, 2.45) is 0 Å². The average molecular weight is 170 g/mol. The molecule has 2 heteroatoms. The minimum Gasteiger partial charge on any atom is -0.519 e. The van der Waals surface area contributed by atoms with E-state index in [-0.39, 0.29) is 18.6 Å². The van der Waals surface area contributed by atoms with Crippen LogP contribution in [0, 0.1) is 6.07 Å². The fraction of sp³-hybridized carbons (Fsp3) is 0.250. The van der Waals surface area contributed by atoms with E-state index in [4.69, 9.17) is 4.74 Å². The van der Waals surface area contributed by atoms with Crippen LogP contribution in [0.25, 0.3) is 0 Å². The molecule has 0 unspecified atom stereocenters. The second kappa shape index (κ2) is 3.13. The van der Waals surface area contributed by atoms with Crippen LogP contribution >= 0.6 is 0 Å². The molecule has 0 saturated carbocycles. The summed E-state index contributed by atoms with van der Waals surface area (Å²) in [6.45, 7) is 0.840. The van der Waals surface area contributed by atoms with Gasteiger partial charge in [0.1, 0.15) is 0 Å². The van der Waals surface area contributed by atoms with Crippen LogP contribution in [0.3, 0.4) is 0 Å². The number of ether oxygens (including phenoxy) is 1. The Labute approximate surface area is 72.3 Å². The maximum Gasteiger partial charge on any atom is 0.0788 e. The van der Waals surface area contributed by atoms with E-state index in [1.54, 1.807) is 0 Å². The Morgan fingerprint density at radius 2 is 2.40 bits per heavy atom. The van der Waals surface area contributed by atoms with E-state index in [9.17, 15) is 0 Å². The first-order valence-corrected chi connectivity index (χ1v) is 3.08. The zero-order valence-corrected chi connectivity index (χ0v) is 6.90. The fourth-order valence-corrected chi connectivity index (χ4v) is 1.06. The van der Waals surface area contributed by atoms with E-state index in [0.717, 1.165) is 18.8 Å². The molecule has 1 aromatic carbocycles. The van der Waals surface area contributed by atoms with Crippen LogP contribution in [0.5, 0.6) is 5.75 Å². The summed E-state index contributed by atoms with van der Waals surface area (Å²) in [5.41, 5.74) is 1.29. The zero-order valence-electron chi connectivity index (χ0n) is 5.50. The normalized spacial score (nSPS) is 13.2. The van der Waals surface area contributed by atoms with Crippen molar-refractivity contribution < 1.29 is 23.3 Å². The summed E-state index contributed by atoms with van der Waals surface area (Å²) in [4.78, 5) is 0. The first-order chi connectivity index (χ1) is 4.47. The Kier molecular flexibility index (Phi) is 2.41. The van der Waals surface area contributed by atoms with Crippen molar-refractivity contribution in [3.63, 3.8) is 0 Å². The summed E-state index contributed by atoms with van der Waals surface area (Å²) < 4.78 is 5.28. The van der Waals surface area contributed by atoms with Gasteiger partial charge in [0, 0.05) is 24.3 Å². The predicted molar refractivity (Wildman–Crippen MR) is 34.5 cm³/mol. The standard InChI is InChI=1S/C8H7O.V/c1-2-4-8-7(3-1)5-6-9-8;/h2-4H,5-6H2;/q-1;. The smallest absolute Gasteiger partial charge is 0.0788 e. The molecule has 51 valence electrons. The van der Waals surface area contributed by atoms with Crippen molar-refractivity contribution in [1.82, 2.24) is 0 Å². The fourth-order valence-electron chi connectivity index (χ4n) is 1.06. The summed E-state index contributed by atoms with van der Waals surface area (Å²) in [5, 5.41) is 0. The molecule has 1 aliphatic rings. The zero-order chi connectivity index (χ0) is 6.10. The van der Waals surface area contributed by atoms with Crippen LogP contribution < -0.4 is 4.74 Å². The minimum absolute atomic E-state index is 0. The number of benzene rings is 1. The van der Waals surface area contributed by atoms with Crippen LogP contribution in [0.2, 0.25) is 0 Å². The molecule has 1 nitrogen and oxygen atoms in total. The maximum absolute atomic E-state index is 5.28. The van der Waals surface area contributed by atoms with Crippen LogP contribution in [0.1, 0.15) is 5.56 Å². The van der Waals surface area contributed by atoms with E-state index < -0.39 is 0 Å². The Balaban J connectivity index is 0.000000500. The molecule has 1 aliphatic heterocycles. The van der Waals surface area contributed by atoms with Crippen molar-refractivity contribution in [3.8, 4) is 5.75 Å². The molecule has 0 N–H and O–H groups in total. The molecule has 0 bridgehead atoms. The third-order valence-corrected chi connectivity index (χ3v) is 1.53. The molecular formula is C8H7OV-. The van der Waals surface area contributed by atoms with E-state index in [1.165, 1.54) is 5.56 Å². The van der Waals surface area contributed by atoms with Crippen molar-refractivity contribution in [1.29, 1.82) is 0 Å². The van der Waals surface area contributed by atoms with Gasteiger partial charge in [0.25, 0.3) is 0 Å². The SMILES string of the molecule is [V].[c-]1ccc2c(c1)CCO2. The predicted octanol–water partition coefficient (Wildman–Crippen LogP) is 1.42. The van der Waals surface area contributed by atoms with Gasteiger partial charge in [-0.15, -0.1) is 11.6 Å². The quantitative estimate of drug-likeness (QED) is 0.535. The van der Waals surface area contributed by atoms with Gasteiger partial charge in [-0.05, 0) is 6.42 Å². The maximum atomic E-state index is 5.28. The Hall–Kier alpha value is -0.396. The molecule has 0 amide bonds. The second-order valence-corrected chi connectivity index (χ2v) is 2.13. The molecule has 10 heavy (non-hydrogen) atoms. The molecule has 0 aromatic heterocycles. The average Bonchev–Trinajstić information content (AvgIpc) is 2.33. The Morgan fingerprint density at radius 3 is 3.20 bits per heavy atom. The number of fused-ring (bicyclic) bond motifs is 1. The summed E-state index contributed by atoms with van der Waals surface area (Å²) in [5.74, 6) is 1.04. The number of rotatable bonds is 0. The Bertz CT molecular complexity index is 199. The molecule has 2 rings (SSSR count). The molecule has 0 aliphatic carbocycles. The van der Waals surface area contributed by atoms with Crippen LogP contribution in [0.15, 0.2) is 18.2 Å². The van der Waals surface area contributed by atoms with Gasteiger partial charge in [-0.1, -0.05) is 0 Å². The molecule has 0 spiro atoms. The molecule has 1 aromatic rings. The van der Waals surface area contributed by atoms with Crippen molar-refractivity contribution in [2.45, 2.75) is 6.42 Å². The van der Waals surface area contributed by atoms with E-state index >= 15 is 0 Å². The van der Waals surface area contributed by atoms with Crippen molar-refractivity contribution in [3.05, 3.63) is 29.8 Å². The van der Waals surface area contributed by atoms with Gasteiger partial charge < -0.3 is 4.74 Å². The summed E-state index contributed by atoms with van der Waals surface area (Å²) in [6.07, 6.45) is 1.05. The summed E-state index contributed by atoms with van der Waals surface area (Å²) >= 11 is 0. The second-order valence-electron chi connectivity index (χ2n) is 2.13. The number of hydrogen-bond donors (Lipinski definition) is 0. The Morgan fingerprint density at radius 1 is 1.50 bits per heavy atom. The molecule has 0 fully saturated rings. The monoisotopic (exact) mass is 170 g/mol. The topological polar surface area (TPSA) is 9.23 Å². The van der Waals surface area contributed by atoms with E-state index in [2.05, 4.69) is 6.07 Å². The van der Waals surface area contributed by atoms with Crippen LogP contribution in [0.4, 0.5) is 0 Å². The molecule has 0 atom stereocenters. The molecule has 0 saturated heterocycles. The van der Waals surface area contributed by atoms with Gasteiger partial charge in [0.05, 0.1) is 6.61 Å². The third kappa shape index (κ3) is 1.20. The number of hydrogen-bond acceptors (Lipinski definition) is 1. The van der Waals surface area contributed by atoms with Gasteiger partial charge in [-0.25, -0.2) is 0 Å². The molecule has 1 radical (unpaired) electrons. The molecule has 1 heterocycles. The van der Waals surface area contributed by atoms with Crippen molar-refractivity contribution in [2.75, 3.05) is 6.61 Å². The summed E-state index contributed by atoms with van der Waals surface area (Å²) in [6, 6.07) is 8.84. The van der Waals surface area contributed by atoms with Gasteiger partial charge in [0.15, 0.2) is 0 Å². The molecular weight excluding hydrogens is 163 g/mol. The van der Waals surface area contributed by atoms with Crippen LogP contribution in [-0.2, 0) is 25.0 Å². The third-order valence-electron chi connectivity index (χ3n) is 1.53. The summed E-state index contributed by atoms with van der Waals surface area (Å²) in [7, 11) is 0. The van der Waals surface area contributed by atoms with Gasteiger partial charge >= 0.3 is 0 Å². The van der Waals surface area contributed by atoms with Gasteiger partial charge in [0.2, 0.25) is 0 Å². The van der Waals surface area contributed by atoms with Gasteiger partial charge in [-0.3, -0.25) is 0 Å². The minimum atomic E-state index is 0.